The lowest BCUT2D eigenvalue weighted by Gasteiger charge is -2.22. The van der Waals surface area contributed by atoms with Crippen LogP contribution in [0.5, 0.6) is 0 Å². The monoisotopic (exact) mass is 231 g/mol. The molecule has 1 N–H and O–H groups in total. The highest BCUT2D eigenvalue weighted by Crippen LogP contribution is 2.25. The maximum absolute atomic E-state index is 5.62. The SMILES string of the molecule is CC1(CNc2nnc(CCl)o2)CCCO1. The van der Waals surface area contributed by atoms with Crippen LogP contribution in [0.4, 0.5) is 6.01 Å². The van der Waals surface area contributed by atoms with Crippen LogP contribution < -0.4 is 5.32 Å². The van der Waals surface area contributed by atoms with Gasteiger partial charge in [0.1, 0.15) is 5.88 Å². The third-order valence-electron chi connectivity index (χ3n) is 2.50. The zero-order chi connectivity index (χ0) is 10.7. The maximum atomic E-state index is 5.62. The third kappa shape index (κ3) is 2.60. The fourth-order valence-corrected chi connectivity index (χ4v) is 1.73. The van der Waals surface area contributed by atoms with Gasteiger partial charge in [0.25, 0.3) is 0 Å². The van der Waals surface area contributed by atoms with Crippen LogP contribution in [-0.4, -0.2) is 29.0 Å². The molecular formula is C9H14ClN3O2. The van der Waals surface area contributed by atoms with Gasteiger partial charge in [-0.1, -0.05) is 5.10 Å². The van der Waals surface area contributed by atoms with Crippen molar-refractivity contribution in [1.82, 2.24) is 10.2 Å². The van der Waals surface area contributed by atoms with Gasteiger partial charge in [-0.2, -0.15) is 0 Å². The molecule has 15 heavy (non-hydrogen) atoms. The minimum atomic E-state index is -0.115. The summed E-state index contributed by atoms with van der Waals surface area (Å²) >= 11 is 5.55. The minimum Gasteiger partial charge on any atom is -0.407 e. The van der Waals surface area contributed by atoms with E-state index in [-0.39, 0.29) is 11.5 Å². The van der Waals surface area contributed by atoms with Gasteiger partial charge in [0.2, 0.25) is 5.89 Å². The summed E-state index contributed by atoms with van der Waals surface area (Å²) in [5.41, 5.74) is -0.115. The van der Waals surface area contributed by atoms with E-state index in [9.17, 15) is 0 Å². The molecule has 5 nitrogen and oxygen atoms in total. The van der Waals surface area contributed by atoms with Crippen molar-refractivity contribution in [1.29, 1.82) is 0 Å². The number of halogens is 1. The summed E-state index contributed by atoms with van der Waals surface area (Å²) in [7, 11) is 0. The Labute approximate surface area is 93.1 Å². The molecule has 6 heteroatoms. The smallest absolute Gasteiger partial charge is 0.315 e. The number of nitrogens with one attached hydrogen (secondary N) is 1. The van der Waals surface area contributed by atoms with Crippen molar-refractivity contribution in [2.75, 3.05) is 18.5 Å². The molecular weight excluding hydrogens is 218 g/mol. The molecule has 84 valence electrons. The predicted molar refractivity (Wildman–Crippen MR) is 55.9 cm³/mol. The van der Waals surface area contributed by atoms with Crippen LogP contribution in [0.3, 0.4) is 0 Å². The van der Waals surface area contributed by atoms with Crippen molar-refractivity contribution in [3.63, 3.8) is 0 Å². The van der Waals surface area contributed by atoms with Gasteiger partial charge in [-0.15, -0.1) is 16.7 Å². The molecule has 1 unspecified atom stereocenters. The van der Waals surface area contributed by atoms with E-state index in [4.69, 9.17) is 20.8 Å². The molecule has 1 fully saturated rings. The maximum Gasteiger partial charge on any atom is 0.315 e. The Bertz CT molecular complexity index is 323. The fraction of sp³-hybridized carbons (Fsp3) is 0.778. The highest BCUT2D eigenvalue weighted by molar-refractivity contribution is 6.16. The minimum absolute atomic E-state index is 0.115. The molecule has 0 aromatic carbocycles. The van der Waals surface area contributed by atoms with Crippen LogP contribution >= 0.6 is 11.6 Å². The fourth-order valence-electron chi connectivity index (χ4n) is 1.62. The number of nitrogens with zero attached hydrogens (tertiary/aromatic N) is 2. The molecule has 1 aromatic heterocycles. The number of aromatic nitrogens is 2. The summed E-state index contributed by atoms with van der Waals surface area (Å²) in [6.07, 6.45) is 2.16. The zero-order valence-electron chi connectivity index (χ0n) is 8.62. The van der Waals surface area contributed by atoms with Crippen LogP contribution in [0.15, 0.2) is 4.42 Å². The topological polar surface area (TPSA) is 60.2 Å². The van der Waals surface area contributed by atoms with E-state index in [1.165, 1.54) is 0 Å². The Hall–Kier alpha value is -0.810. The molecule has 0 spiro atoms. The van der Waals surface area contributed by atoms with E-state index in [0.717, 1.165) is 19.4 Å². The molecule has 2 rings (SSSR count). The second-order valence-corrected chi connectivity index (χ2v) is 4.16. The van der Waals surface area contributed by atoms with Crippen LogP contribution in [0.2, 0.25) is 0 Å². The number of hydrogen-bond donors (Lipinski definition) is 1. The summed E-state index contributed by atoms with van der Waals surface area (Å²) in [4.78, 5) is 0. The quantitative estimate of drug-likeness (QED) is 0.801. The van der Waals surface area contributed by atoms with Crippen molar-refractivity contribution in [2.45, 2.75) is 31.2 Å². The van der Waals surface area contributed by atoms with Crippen molar-refractivity contribution in [2.24, 2.45) is 0 Å². The summed E-state index contributed by atoms with van der Waals surface area (Å²) in [6, 6.07) is 0.405. The molecule has 0 bridgehead atoms. The molecule has 1 aromatic rings. The summed E-state index contributed by atoms with van der Waals surface area (Å²) in [6.45, 7) is 3.58. The number of anilines is 1. The molecule has 1 saturated heterocycles. The highest BCUT2D eigenvalue weighted by atomic mass is 35.5. The first-order valence-corrected chi connectivity index (χ1v) is 5.51. The largest absolute Gasteiger partial charge is 0.407 e. The van der Waals surface area contributed by atoms with Gasteiger partial charge < -0.3 is 14.5 Å². The van der Waals surface area contributed by atoms with Crippen LogP contribution in [0.25, 0.3) is 0 Å². The van der Waals surface area contributed by atoms with Gasteiger partial charge in [0.05, 0.1) is 5.60 Å². The highest BCUT2D eigenvalue weighted by Gasteiger charge is 2.29. The Balaban J connectivity index is 1.87. The second kappa shape index (κ2) is 4.37. The molecule has 1 atom stereocenters. The lowest BCUT2D eigenvalue weighted by atomic mass is 10.0. The van der Waals surface area contributed by atoms with Crippen molar-refractivity contribution < 1.29 is 9.15 Å². The molecule has 0 aliphatic carbocycles. The molecule has 0 radical (unpaired) electrons. The average Bonchev–Trinajstić information content (AvgIpc) is 2.84. The average molecular weight is 232 g/mol. The van der Waals surface area contributed by atoms with Gasteiger partial charge >= 0.3 is 6.01 Å². The van der Waals surface area contributed by atoms with Crippen molar-refractivity contribution in [3.8, 4) is 0 Å². The van der Waals surface area contributed by atoms with Gasteiger partial charge in [0, 0.05) is 13.2 Å². The molecule has 2 heterocycles. The van der Waals surface area contributed by atoms with E-state index in [2.05, 4.69) is 22.4 Å². The van der Waals surface area contributed by atoms with Crippen LogP contribution in [0.1, 0.15) is 25.7 Å². The van der Waals surface area contributed by atoms with E-state index < -0.39 is 0 Å². The lowest BCUT2D eigenvalue weighted by molar-refractivity contribution is 0.0311. The van der Waals surface area contributed by atoms with Crippen LogP contribution in [0, 0.1) is 0 Å². The molecule has 0 amide bonds. The Morgan fingerprint density at radius 2 is 2.40 bits per heavy atom. The Kier molecular flexibility index (Phi) is 3.11. The molecule has 1 aliphatic rings. The number of alkyl halides is 1. The predicted octanol–water partition coefficient (Wildman–Crippen LogP) is 1.79. The number of hydrogen-bond acceptors (Lipinski definition) is 5. The van der Waals surface area contributed by atoms with Crippen molar-refractivity contribution >= 4 is 17.6 Å². The van der Waals surface area contributed by atoms with Gasteiger partial charge in [-0.25, -0.2) is 0 Å². The molecule has 1 aliphatic heterocycles. The standard InChI is InChI=1S/C9H14ClN3O2/c1-9(3-2-4-14-9)6-11-8-13-12-7(5-10)15-8/h2-6H2,1H3,(H,11,13). The van der Waals surface area contributed by atoms with Crippen molar-refractivity contribution in [3.05, 3.63) is 5.89 Å². The first-order chi connectivity index (χ1) is 7.22. The zero-order valence-corrected chi connectivity index (χ0v) is 9.38. The summed E-state index contributed by atoms with van der Waals surface area (Å²) < 4.78 is 10.8. The first-order valence-electron chi connectivity index (χ1n) is 4.98. The first kappa shape index (κ1) is 10.7. The number of ether oxygens (including phenoxy) is 1. The summed E-state index contributed by atoms with van der Waals surface area (Å²) in [5.74, 6) is 0.666. The summed E-state index contributed by atoms with van der Waals surface area (Å²) in [5, 5.41) is 10.6. The van der Waals surface area contributed by atoms with Gasteiger partial charge in [0.15, 0.2) is 0 Å². The number of rotatable bonds is 4. The third-order valence-corrected chi connectivity index (χ3v) is 2.72. The molecule has 0 saturated carbocycles. The Morgan fingerprint density at radius 3 is 3.00 bits per heavy atom. The normalized spacial score (nSPS) is 25.7. The second-order valence-electron chi connectivity index (χ2n) is 3.89. The van der Waals surface area contributed by atoms with E-state index in [0.29, 0.717) is 18.5 Å². The van der Waals surface area contributed by atoms with Crippen LogP contribution in [-0.2, 0) is 10.6 Å². The van der Waals surface area contributed by atoms with E-state index >= 15 is 0 Å². The Morgan fingerprint density at radius 1 is 1.53 bits per heavy atom. The van der Waals surface area contributed by atoms with E-state index in [1.54, 1.807) is 0 Å². The van der Waals surface area contributed by atoms with Gasteiger partial charge in [-0.3, -0.25) is 0 Å². The van der Waals surface area contributed by atoms with Gasteiger partial charge in [-0.05, 0) is 19.8 Å². The van der Waals surface area contributed by atoms with E-state index in [1.807, 2.05) is 0 Å². The lowest BCUT2D eigenvalue weighted by Crippen LogP contribution is -2.32.